The number of esters is 1. The van der Waals surface area contributed by atoms with Crippen molar-refractivity contribution in [3.8, 4) is 22.8 Å². The summed E-state index contributed by atoms with van der Waals surface area (Å²) in [7, 11) is 2.67. The summed E-state index contributed by atoms with van der Waals surface area (Å²) in [6.45, 7) is 0.248. The number of nitrogens with zero attached hydrogens (tertiary/aromatic N) is 2. The minimum Gasteiger partial charge on any atom is -0.504 e. The lowest BCUT2D eigenvalue weighted by atomic mass is 10.1. The third-order valence-corrected chi connectivity index (χ3v) is 3.05. The first-order chi connectivity index (χ1) is 10.1. The lowest BCUT2D eigenvalue weighted by molar-refractivity contribution is 0.0600. The number of aromatic hydroxyl groups is 1. The number of hydrogen-bond acceptors (Lipinski definition) is 6. The average molecular weight is 292 g/mol. The van der Waals surface area contributed by atoms with Gasteiger partial charge in [0.15, 0.2) is 11.5 Å². The van der Waals surface area contributed by atoms with Crippen LogP contribution in [0.3, 0.4) is 0 Å². The molecule has 0 spiro atoms. The number of benzene rings is 1. The van der Waals surface area contributed by atoms with Gasteiger partial charge in [0.1, 0.15) is 0 Å². The molecule has 0 saturated heterocycles. The van der Waals surface area contributed by atoms with E-state index in [1.807, 2.05) is 0 Å². The lowest BCUT2D eigenvalue weighted by Gasteiger charge is -2.13. The molecule has 1 aromatic carbocycles. The van der Waals surface area contributed by atoms with Crippen LogP contribution in [0.25, 0.3) is 11.3 Å². The second-order valence-corrected chi connectivity index (χ2v) is 4.26. The molecule has 2 rings (SSSR count). The highest BCUT2D eigenvalue weighted by molar-refractivity contribution is 5.92. The molecule has 0 aliphatic rings. The molecule has 0 aliphatic carbocycles. The summed E-state index contributed by atoms with van der Waals surface area (Å²) in [5, 5.41) is 19.3. The van der Waals surface area contributed by atoms with Crippen molar-refractivity contribution in [1.29, 1.82) is 0 Å². The van der Waals surface area contributed by atoms with Crippen molar-refractivity contribution >= 4 is 5.97 Å². The number of carbonyl (C=O) groups is 1. The summed E-state index contributed by atoms with van der Waals surface area (Å²) in [6, 6.07) is 2.89. The standard InChI is InChI=1S/C14H16N2O5/c1-20-12-6-9(14(19)21-2)5-10(13(12)18)11-7-15-8-16(11)3-4-17/h5-8,17-18H,3-4H2,1-2H3. The van der Waals surface area contributed by atoms with E-state index in [1.165, 1.54) is 38.9 Å². The first-order valence-corrected chi connectivity index (χ1v) is 6.23. The smallest absolute Gasteiger partial charge is 0.338 e. The molecule has 0 saturated carbocycles. The largest absolute Gasteiger partial charge is 0.504 e. The van der Waals surface area contributed by atoms with Crippen molar-refractivity contribution in [2.45, 2.75) is 6.54 Å². The van der Waals surface area contributed by atoms with Gasteiger partial charge >= 0.3 is 5.97 Å². The van der Waals surface area contributed by atoms with Gasteiger partial charge in [-0.3, -0.25) is 0 Å². The maximum atomic E-state index is 11.7. The zero-order chi connectivity index (χ0) is 15.4. The van der Waals surface area contributed by atoms with Crippen LogP contribution >= 0.6 is 0 Å². The van der Waals surface area contributed by atoms with Crippen molar-refractivity contribution in [3.05, 3.63) is 30.2 Å². The van der Waals surface area contributed by atoms with Gasteiger partial charge in [-0.15, -0.1) is 0 Å². The molecular weight excluding hydrogens is 276 g/mol. The molecule has 0 atom stereocenters. The average Bonchev–Trinajstić information content (AvgIpc) is 2.95. The van der Waals surface area contributed by atoms with E-state index >= 15 is 0 Å². The molecule has 0 radical (unpaired) electrons. The van der Waals surface area contributed by atoms with Crippen molar-refractivity contribution in [1.82, 2.24) is 9.55 Å². The van der Waals surface area contributed by atoms with Crippen LogP contribution < -0.4 is 4.74 Å². The van der Waals surface area contributed by atoms with Crippen LogP contribution in [0.5, 0.6) is 11.5 Å². The Bertz CT molecular complexity index is 651. The molecule has 7 heteroatoms. The second-order valence-electron chi connectivity index (χ2n) is 4.26. The van der Waals surface area contributed by atoms with E-state index in [1.54, 1.807) is 4.57 Å². The Labute approximate surface area is 121 Å². The van der Waals surface area contributed by atoms with Crippen LogP contribution in [0, 0.1) is 0 Å². The third kappa shape index (κ3) is 2.82. The molecule has 0 aliphatic heterocycles. The highest BCUT2D eigenvalue weighted by Gasteiger charge is 2.18. The van der Waals surface area contributed by atoms with Crippen LogP contribution in [-0.2, 0) is 11.3 Å². The molecule has 2 N–H and O–H groups in total. The Hall–Kier alpha value is -2.54. The number of methoxy groups -OCH3 is 2. The van der Waals surface area contributed by atoms with Gasteiger partial charge < -0.3 is 24.3 Å². The Balaban J connectivity index is 2.61. The van der Waals surface area contributed by atoms with Crippen LogP contribution in [-0.4, -0.2) is 46.6 Å². The number of phenolic OH excluding ortho intramolecular Hbond substituents is 1. The topological polar surface area (TPSA) is 93.8 Å². The van der Waals surface area contributed by atoms with Gasteiger partial charge in [-0.25, -0.2) is 9.78 Å². The van der Waals surface area contributed by atoms with Gasteiger partial charge in [-0.2, -0.15) is 0 Å². The van der Waals surface area contributed by atoms with Gasteiger partial charge in [0, 0.05) is 12.1 Å². The molecule has 21 heavy (non-hydrogen) atoms. The highest BCUT2D eigenvalue weighted by atomic mass is 16.5. The summed E-state index contributed by atoms with van der Waals surface area (Å²) >= 11 is 0. The van der Waals surface area contributed by atoms with E-state index in [0.29, 0.717) is 17.8 Å². The van der Waals surface area contributed by atoms with E-state index < -0.39 is 5.97 Å². The fourth-order valence-electron chi connectivity index (χ4n) is 2.03. The molecule has 0 bridgehead atoms. The monoisotopic (exact) mass is 292 g/mol. The van der Waals surface area contributed by atoms with Crippen molar-refractivity contribution in [3.63, 3.8) is 0 Å². The van der Waals surface area contributed by atoms with Crippen LogP contribution in [0.15, 0.2) is 24.7 Å². The zero-order valence-corrected chi connectivity index (χ0v) is 11.7. The van der Waals surface area contributed by atoms with E-state index in [2.05, 4.69) is 9.72 Å². The predicted molar refractivity (Wildman–Crippen MR) is 74.3 cm³/mol. The van der Waals surface area contributed by atoms with E-state index in [4.69, 9.17) is 9.84 Å². The number of rotatable bonds is 5. The zero-order valence-electron chi connectivity index (χ0n) is 11.7. The minimum atomic E-state index is -0.539. The number of aliphatic hydroxyl groups is 1. The van der Waals surface area contributed by atoms with Crippen molar-refractivity contribution in [2.24, 2.45) is 0 Å². The van der Waals surface area contributed by atoms with Gasteiger partial charge in [-0.05, 0) is 12.1 Å². The highest BCUT2D eigenvalue weighted by Crippen LogP contribution is 2.38. The quantitative estimate of drug-likeness (QED) is 0.800. The number of aromatic nitrogens is 2. The summed E-state index contributed by atoms with van der Waals surface area (Å²) in [5.74, 6) is -0.489. The Morgan fingerprint density at radius 2 is 2.14 bits per heavy atom. The molecule has 7 nitrogen and oxygen atoms in total. The number of ether oxygens (including phenoxy) is 2. The van der Waals surface area contributed by atoms with Crippen LogP contribution in [0.2, 0.25) is 0 Å². The number of phenols is 1. The van der Waals surface area contributed by atoms with E-state index in [-0.39, 0.29) is 23.7 Å². The normalized spacial score (nSPS) is 10.4. The summed E-state index contributed by atoms with van der Waals surface area (Å²) in [6.07, 6.45) is 3.06. The molecule has 1 aromatic heterocycles. The van der Waals surface area contributed by atoms with Crippen LogP contribution in [0.4, 0.5) is 0 Å². The summed E-state index contributed by atoms with van der Waals surface area (Å²) in [4.78, 5) is 15.7. The van der Waals surface area contributed by atoms with Crippen molar-refractivity contribution < 1.29 is 24.5 Å². The summed E-state index contributed by atoms with van der Waals surface area (Å²) in [5.41, 5.74) is 1.19. The molecule has 2 aromatic rings. The first-order valence-electron chi connectivity index (χ1n) is 6.23. The lowest BCUT2D eigenvalue weighted by Crippen LogP contribution is -2.05. The Morgan fingerprint density at radius 1 is 1.38 bits per heavy atom. The SMILES string of the molecule is COC(=O)c1cc(OC)c(O)c(-c2cncn2CCO)c1. The molecule has 1 heterocycles. The van der Waals surface area contributed by atoms with E-state index in [9.17, 15) is 9.90 Å². The number of hydrogen-bond donors (Lipinski definition) is 2. The minimum absolute atomic E-state index is 0.0715. The first kappa shape index (κ1) is 14.9. The molecule has 0 unspecified atom stereocenters. The number of carbonyl (C=O) groups excluding carboxylic acids is 1. The van der Waals surface area contributed by atoms with Crippen molar-refractivity contribution in [2.75, 3.05) is 20.8 Å². The van der Waals surface area contributed by atoms with Gasteiger partial charge in [0.2, 0.25) is 0 Å². The fourth-order valence-corrected chi connectivity index (χ4v) is 2.03. The van der Waals surface area contributed by atoms with Crippen LogP contribution in [0.1, 0.15) is 10.4 Å². The predicted octanol–water partition coefficient (Wildman–Crippen LogP) is 1.04. The number of aliphatic hydroxyl groups excluding tert-OH is 1. The summed E-state index contributed by atoms with van der Waals surface area (Å²) < 4.78 is 11.4. The molecule has 112 valence electrons. The second kappa shape index (κ2) is 6.27. The Kier molecular flexibility index (Phi) is 4.44. The maximum absolute atomic E-state index is 11.7. The molecular formula is C14H16N2O5. The number of imidazole rings is 1. The fraction of sp³-hybridized carbons (Fsp3) is 0.286. The van der Waals surface area contributed by atoms with Gasteiger partial charge in [0.25, 0.3) is 0 Å². The van der Waals surface area contributed by atoms with Gasteiger partial charge in [-0.1, -0.05) is 0 Å². The third-order valence-electron chi connectivity index (χ3n) is 3.05. The van der Waals surface area contributed by atoms with E-state index in [0.717, 1.165) is 0 Å². The van der Waals surface area contributed by atoms with Gasteiger partial charge in [0.05, 0.1) is 44.6 Å². The maximum Gasteiger partial charge on any atom is 0.338 e. The molecule has 0 amide bonds. The molecule has 0 fully saturated rings. The Morgan fingerprint density at radius 3 is 2.76 bits per heavy atom.